The monoisotopic (exact) mass is 321 g/mol. The number of hydrogen-bond acceptors (Lipinski definition) is 3. The minimum Gasteiger partial charge on any atom is -0.337 e. The fraction of sp³-hybridized carbons (Fsp3) is 0.765. The third-order valence-electron chi connectivity index (χ3n) is 4.49. The second kappa shape index (κ2) is 8.91. The van der Waals surface area contributed by atoms with Gasteiger partial charge in [-0.25, -0.2) is 9.78 Å². The molecule has 1 aromatic heterocycles. The fourth-order valence-electron chi connectivity index (χ4n) is 3.12. The lowest BCUT2D eigenvalue weighted by Gasteiger charge is -2.33. The Labute approximate surface area is 139 Å². The number of piperidine rings is 1. The van der Waals surface area contributed by atoms with E-state index in [1.54, 1.807) is 6.20 Å². The molecule has 1 saturated heterocycles. The van der Waals surface area contributed by atoms with Crippen LogP contribution in [0.15, 0.2) is 12.4 Å². The number of nitrogens with zero attached hydrogens (tertiary/aromatic N) is 4. The van der Waals surface area contributed by atoms with Gasteiger partial charge in [-0.1, -0.05) is 13.8 Å². The first-order chi connectivity index (χ1) is 11.1. The number of nitrogens with one attached hydrogen (secondary N) is 1. The van der Waals surface area contributed by atoms with Crippen LogP contribution in [0.1, 0.15) is 45.4 Å². The number of likely N-dealkylation sites (tertiary alicyclic amines) is 1. The summed E-state index contributed by atoms with van der Waals surface area (Å²) in [6.45, 7) is 8.99. The standard InChI is InChI=1S/C17H31N5O/c1-4-9-21-11-6-15(7-12-21)19-17(23)22(10-5-2)14-16-18-8-13-20(16)3/h8,13,15H,4-7,9-12,14H2,1-3H3,(H,19,23). The van der Waals surface area contributed by atoms with Crippen LogP contribution in [0.3, 0.4) is 0 Å². The van der Waals surface area contributed by atoms with Crippen molar-refractivity contribution in [1.82, 2.24) is 24.7 Å². The van der Waals surface area contributed by atoms with E-state index in [0.717, 1.165) is 44.7 Å². The lowest BCUT2D eigenvalue weighted by molar-refractivity contribution is 0.169. The average Bonchev–Trinajstić information content (AvgIpc) is 2.94. The van der Waals surface area contributed by atoms with Gasteiger partial charge in [-0.15, -0.1) is 0 Å². The highest BCUT2D eigenvalue weighted by molar-refractivity contribution is 5.74. The van der Waals surface area contributed by atoms with Crippen molar-refractivity contribution in [1.29, 1.82) is 0 Å². The molecule has 0 aromatic carbocycles. The predicted octanol–water partition coefficient (Wildman–Crippen LogP) is 2.22. The summed E-state index contributed by atoms with van der Waals surface area (Å²) in [6.07, 6.45) is 7.95. The maximum Gasteiger partial charge on any atom is 0.318 e. The highest BCUT2D eigenvalue weighted by Gasteiger charge is 2.23. The van der Waals surface area contributed by atoms with Gasteiger partial charge < -0.3 is 19.7 Å². The van der Waals surface area contributed by atoms with Crippen molar-refractivity contribution in [3.63, 3.8) is 0 Å². The SMILES string of the molecule is CCCN1CCC(NC(=O)N(CCC)Cc2nccn2C)CC1. The number of aryl methyl sites for hydroxylation is 1. The molecule has 0 atom stereocenters. The van der Waals surface area contributed by atoms with E-state index in [9.17, 15) is 4.79 Å². The highest BCUT2D eigenvalue weighted by Crippen LogP contribution is 2.12. The highest BCUT2D eigenvalue weighted by atomic mass is 16.2. The molecule has 1 aliphatic rings. The quantitative estimate of drug-likeness (QED) is 0.838. The van der Waals surface area contributed by atoms with Crippen LogP contribution in [0.4, 0.5) is 4.79 Å². The Morgan fingerprint density at radius 1 is 1.35 bits per heavy atom. The molecule has 23 heavy (non-hydrogen) atoms. The predicted molar refractivity (Wildman–Crippen MR) is 92.2 cm³/mol. The molecule has 1 N–H and O–H groups in total. The van der Waals surface area contributed by atoms with Gasteiger partial charge in [-0.2, -0.15) is 0 Å². The summed E-state index contributed by atoms with van der Waals surface area (Å²) in [7, 11) is 1.97. The van der Waals surface area contributed by atoms with Crippen LogP contribution >= 0.6 is 0 Å². The van der Waals surface area contributed by atoms with E-state index in [1.165, 1.54) is 13.0 Å². The number of amides is 2. The smallest absolute Gasteiger partial charge is 0.318 e. The van der Waals surface area contributed by atoms with Crippen LogP contribution in [0.5, 0.6) is 0 Å². The molecule has 6 nitrogen and oxygen atoms in total. The van der Waals surface area contributed by atoms with Gasteiger partial charge in [0.25, 0.3) is 0 Å². The topological polar surface area (TPSA) is 53.4 Å². The Hall–Kier alpha value is -1.56. The maximum atomic E-state index is 12.6. The van der Waals surface area contributed by atoms with E-state index in [0.29, 0.717) is 12.6 Å². The molecule has 0 radical (unpaired) electrons. The molecule has 0 saturated carbocycles. The van der Waals surface area contributed by atoms with E-state index in [4.69, 9.17) is 0 Å². The number of hydrogen-bond donors (Lipinski definition) is 1. The normalized spacial score (nSPS) is 16.5. The number of imidazole rings is 1. The van der Waals surface area contributed by atoms with E-state index in [2.05, 4.69) is 29.0 Å². The third-order valence-corrected chi connectivity index (χ3v) is 4.49. The van der Waals surface area contributed by atoms with Gasteiger partial charge in [0, 0.05) is 45.1 Å². The van der Waals surface area contributed by atoms with Crippen LogP contribution in [0, 0.1) is 0 Å². The number of carbonyl (C=O) groups is 1. The summed E-state index contributed by atoms with van der Waals surface area (Å²) in [4.78, 5) is 21.3. The Balaban J connectivity index is 1.85. The number of urea groups is 1. The summed E-state index contributed by atoms with van der Waals surface area (Å²) in [5, 5.41) is 3.22. The van der Waals surface area contributed by atoms with Crippen LogP contribution < -0.4 is 5.32 Å². The van der Waals surface area contributed by atoms with E-state index in [1.807, 2.05) is 22.7 Å². The molecule has 0 aliphatic carbocycles. The van der Waals surface area contributed by atoms with Gasteiger partial charge in [-0.3, -0.25) is 0 Å². The molecule has 1 fully saturated rings. The van der Waals surface area contributed by atoms with Crippen molar-refractivity contribution < 1.29 is 4.79 Å². The second-order valence-electron chi connectivity index (χ2n) is 6.44. The molecule has 1 aromatic rings. The fourth-order valence-corrected chi connectivity index (χ4v) is 3.12. The molecule has 2 heterocycles. The maximum absolute atomic E-state index is 12.6. The van der Waals surface area contributed by atoms with Gasteiger partial charge in [0.15, 0.2) is 0 Å². The molecule has 0 spiro atoms. The van der Waals surface area contributed by atoms with Crippen LogP contribution in [0.25, 0.3) is 0 Å². The van der Waals surface area contributed by atoms with Gasteiger partial charge in [-0.05, 0) is 32.2 Å². The summed E-state index contributed by atoms with van der Waals surface area (Å²) < 4.78 is 1.97. The van der Waals surface area contributed by atoms with Crippen molar-refractivity contribution in [3.8, 4) is 0 Å². The van der Waals surface area contributed by atoms with Crippen LogP contribution in [0.2, 0.25) is 0 Å². The third kappa shape index (κ3) is 5.23. The summed E-state index contributed by atoms with van der Waals surface area (Å²) in [5.74, 6) is 0.923. The van der Waals surface area contributed by atoms with E-state index < -0.39 is 0 Å². The first-order valence-corrected chi connectivity index (χ1v) is 8.88. The lowest BCUT2D eigenvalue weighted by Crippen LogP contribution is -2.49. The van der Waals surface area contributed by atoms with Gasteiger partial charge in [0.05, 0.1) is 6.54 Å². The Kier molecular flexibility index (Phi) is 6.89. The number of carbonyl (C=O) groups excluding carboxylic acids is 1. The molecular formula is C17H31N5O. The Bertz CT molecular complexity index is 479. The molecule has 0 unspecified atom stereocenters. The van der Waals surface area contributed by atoms with Crippen molar-refractivity contribution in [3.05, 3.63) is 18.2 Å². The van der Waals surface area contributed by atoms with Crippen LogP contribution in [-0.2, 0) is 13.6 Å². The van der Waals surface area contributed by atoms with Crippen LogP contribution in [-0.4, -0.2) is 57.6 Å². The molecular weight excluding hydrogens is 290 g/mol. The number of aromatic nitrogens is 2. The van der Waals surface area contributed by atoms with Gasteiger partial charge in [0.2, 0.25) is 0 Å². The second-order valence-corrected chi connectivity index (χ2v) is 6.44. The minimum absolute atomic E-state index is 0.0452. The van der Waals surface area contributed by atoms with Crippen molar-refractivity contribution in [2.75, 3.05) is 26.2 Å². The van der Waals surface area contributed by atoms with Crippen molar-refractivity contribution in [2.45, 2.75) is 52.1 Å². The summed E-state index contributed by atoms with van der Waals surface area (Å²) in [6, 6.07) is 0.347. The minimum atomic E-state index is 0.0452. The molecule has 1 aliphatic heterocycles. The summed E-state index contributed by atoms with van der Waals surface area (Å²) >= 11 is 0. The van der Waals surface area contributed by atoms with Crippen molar-refractivity contribution >= 4 is 6.03 Å². The average molecular weight is 321 g/mol. The summed E-state index contributed by atoms with van der Waals surface area (Å²) in [5.41, 5.74) is 0. The van der Waals surface area contributed by atoms with E-state index >= 15 is 0 Å². The zero-order valence-corrected chi connectivity index (χ0v) is 14.8. The molecule has 2 rings (SSSR count). The molecule has 2 amide bonds. The Morgan fingerprint density at radius 2 is 2.09 bits per heavy atom. The lowest BCUT2D eigenvalue weighted by atomic mass is 10.1. The Morgan fingerprint density at radius 3 is 2.65 bits per heavy atom. The molecule has 6 heteroatoms. The zero-order valence-electron chi connectivity index (χ0n) is 14.8. The van der Waals surface area contributed by atoms with Crippen molar-refractivity contribution in [2.24, 2.45) is 7.05 Å². The number of rotatable bonds is 7. The zero-order chi connectivity index (χ0) is 16.7. The van der Waals surface area contributed by atoms with Gasteiger partial charge in [0.1, 0.15) is 5.82 Å². The van der Waals surface area contributed by atoms with E-state index in [-0.39, 0.29) is 6.03 Å². The van der Waals surface area contributed by atoms with Gasteiger partial charge >= 0.3 is 6.03 Å². The largest absolute Gasteiger partial charge is 0.337 e. The first-order valence-electron chi connectivity index (χ1n) is 8.88. The molecule has 0 bridgehead atoms. The molecule has 130 valence electrons. The first kappa shape index (κ1) is 17.8.